The Hall–Kier alpha value is -1.45. The third-order valence-electron chi connectivity index (χ3n) is 1.36. The van der Waals surface area contributed by atoms with E-state index in [9.17, 15) is 4.79 Å². The van der Waals surface area contributed by atoms with Crippen molar-refractivity contribution in [2.24, 2.45) is 0 Å². The van der Waals surface area contributed by atoms with E-state index in [1.54, 1.807) is 12.3 Å². The van der Waals surface area contributed by atoms with Crippen LogP contribution in [0.1, 0.15) is 23.8 Å². The van der Waals surface area contributed by atoms with E-state index in [0.29, 0.717) is 18.0 Å². The minimum Gasteiger partial charge on any atom is -0.461 e. The first-order valence-corrected chi connectivity index (χ1v) is 3.85. The highest BCUT2D eigenvalue weighted by molar-refractivity contribution is 5.88. The Morgan fingerprint density at radius 2 is 2.50 bits per heavy atom. The molecule has 0 fully saturated rings. The summed E-state index contributed by atoms with van der Waals surface area (Å²) in [5, 5.41) is 0. The molecule has 0 aliphatic rings. The van der Waals surface area contributed by atoms with Crippen LogP contribution in [0.2, 0.25) is 0 Å². The second-order valence-corrected chi connectivity index (χ2v) is 2.48. The summed E-state index contributed by atoms with van der Waals surface area (Å²) in [5.41, 5.74) is 6.35. The second kappa shape index (κ2) is 3.80. The average Bonchev–Trinajstić information content (AvgIpc) is 2.47. The summed E-state index contributed by atoms with van der Waals surface area (Å²) in [5.74, 6) is -0.353. The number of hydrogen-bond acceptors (Lipinski definition) is 3. The Morgan fingerprint density at radius 3 is 3.00 bits per heavy atom. The molecule has 0 radical (unpaired) electrons. The molecule has 0 saturated carbocycles. The van der Waals surface area contributed by atoms with Crippen LogP contribution in [0.5, 0.6) is 0 Å². The topological polar surface area (TPSA) is 68.1 Å². The molecular formula is C8H12N2O2. The summed E-state index contributed by atoms with van der Waals surface area (Å²) in [7, 11) is 0. The highest BCUT2D eigenvalue weighted by Gasteiger charge is 2.07. The molecule has 0 unspecified atom stereocenters. The zero-order valence-electron chi connectivity index (χ0n) is 6.96. The lowest BCUT2D eigenvalue weighted by atomic mass is 10.4. The van der Waals surface area contributed by atoms with E-state index in [1.807, 2.05) is 6.92 Å². The Bertz CT molecular complexity index is 268. The van der Waals surface area contributed by atoms with Crippen molar-refractivity contribution in [1.82, 2.24) is 4.98 Å². The smallest absolute Gasteiger partial charge is 0.354 e. The van der Waals surface area contributed by atoms with Crippen LogP contribution in [0.3, 0.4) is 0 Å². The fourth-order valence-electron chi connectivity index (χ4n) is 0.801. The molecule has 0 atom stereocenters. The molecule has 0 aliphatic heterocycles. The Kier molecular flexibility index (Phi) is 2.74. The van der Waals surface area contributed by atoms with Gasteiger partial charge in [0.2, 0.25) is 0 Å². The lowest BCUT2D eigenvalue weighted by Gasteiger charge is -1.98. The summed E-state index contributed by atoms with van der Waals surface area (Å²) in [4.78, 5) is 13.8. The van der Waals surface area contributed by atoms with E-state index in [2.05, 4.69) is 4.98 Å². The molecule has 1 heterocycles. The van der Waals surface area contributed by atoms with E-state index in [0.717, 1.165) is 6.42 Å². The first-order chi connectivity index (χ1) is 5.74. The van der Waals surface area contributed by atoms with Gasteiger partial charge in [0.15, 0.2) is 0 Å². The third kappa shape index (κ3) is 2.02. The molecule has 0 aromatic carbocycles. The van der Waals surface area contributed by atoms with Crippen LogP contribution in [0.15, 0.2) is 12.3 Å². The summed E-state index contributed by atoms with van der Waals surface area (Å²) in [6, 6.07) is 1.55. The van der Waals surface area contributed by atoms with Gasteiger partial charge in [0, 0.05) is 6.20 Å². The number of hydrogen-bond donors (Lipinski definition) is 2. The van der Waals surface area contributed by atoms with E-state index in [4.69, 9.17) is 10.5 Å². The zero-order chi connectivity index (χ0) is 8.97. The number of aromatic amines is 1. The molecule has 0 saturated heterocycles. The van der Waals surface area contributed by atoms with Crippen molar-refractivity contribution in [3.05, 3.63) is 18.0 Å². The monoisotopic (exact) mass is 168 g/mol. The number of H-pyrrole nitrogens is 1. The molecule has 1 aromatic rings. The van der Waals surface area contributed by atoms with Crippen molar-refractivity contribution in [3.63, 3.8) is 0 Å². The van der Waals surface area contributed by atoms with Crippen LogP contribution in [0.4, 0.5) is 5.69 Å². The van der Waals surface area contributed by atoms with Gasteiger partial charge in [-0.25, -0.2) is 4.79 Å². The minimum atomic E-state index is -0.353. The number of rotatable bonds is 3. The normalized spacial score (nSPS) is 9.75. The van der Waals surface area contributed by atoms with Gasteiger partial charge in [0.25, 0.3) is 0 Å². The molecular weight excluding hydrogens is 156 g/mol. The van der Waals surface area contributed by atoms with Crippen molar-refractivity contribution in [3.8, 4) is 0 Å². The molecule has 0 amide bonds. The molecule has 3 N–H and O–H groups in total. The van der Waals surface area contributed by atoms with Crippen molar-refractivity contribution in [2.45, 2.75) is 13.3 Å². The van der Waals surface area contributed by atoms with Gasteiger partial charge < -0.3 is 15.5 Å². The maximum atomic E-state index is 11.1. The highest BCUT2D eigenvalue weighted by Crippen LogP contribution is 2.05. The fraction of sp³-hybridized carbons (Fsp3) is 0.375. The first kappa shape index (κ1) is 8.64. The van der Waals surface area contributed by atoms with Crippen LogP contribution in [-0.2, 0) is 4.74 Å². The van der Waals surface area contributed by atoms with Gasteiger partial charge in [-0.1, -0.05) is 6.92 Å². The Balaban J connectivity index is 2.53. The van der Waals surface area contributed by atoms with Crippen LogP contribution < -0.4 is 5.73 Å². The lowest BCUT2D eigenvalue weighted by molar-refractivity contribution is 0.0499. The van der Waals surface area contributed by atoms with Crippen molar-refractivity contribution in [1.29, 1.82) is 0 Å². The van der Waals surface area contributed by atoms with Crippen LogP contribution in [-0.4, -0.2) is 17.6 Å². The third-order valence-corrected chi connectivity index (χ3v) is 1.36. The van der Waals surface area contributed by atoms with Gasteiger partial charge in [-0.3, -0.25) is 0 Å². The lowest BCUT2D eigenvalue weighted by Crippen LogP contribution is -2.05. The number of nitrogens with two attached hydrogens (primary N) is 1. The molecule has 1 aromatic heterocycles. The SMILES string of the molecule is CCCOC(=O)c1cc(N)c[nH]1. The van der Waals surface area contributed by atoms with Gasteiger partial charge >= 0.3 is 5.97 Å². The molecule has 66 valence electrons. The Morgan fingerprint density at radius 1 is 1.75 bits per heavy atom. The summed E-state index contributed by atoms with van der Waals surface area (Å²) in [6.07, 6.45) is 2.38. The van der Waals surface area contributed by atoms with Crippen LogP contribution >= 0.6 is 0 Å². The number of nitrogen functional groups attached to an aromatic ring is 1. The number of ether oxygens (including phenoxy) is 1. The number of esters is 1. The van der Waals surface area contributed by atoms with Gasteiger partial charge in [-0.05, 0) is 12.5 Å². The number of aromatic nitrogens is 1. The van der Waals surface area contributed by atoms with Crippen LogP contribution in [0.25, 0.3) is 0 Å². The number of nitrogens with one attached hydrogen (secondary N) is 1. The predicted octanol–water partition coefficient (Wildman–Crippen LogP) is 1.16. The molecule has 4 nitrogen and oxygen atoms in total. The minimum absolute atomic E-state index is 0.353. The number of anilines is 1. The molecule has 1 rings (SSSR count). The van der Waals surface area contributed by atoms with Crippen molar-refractivity contribution in [2.75, 3.05) is 12.3 Å². The summed E-state index contributed by atoms with van der Waals surface area (Å²) in [6.45, 7) is 2.38. The maximum absolute atomic E-state index is 11.1. The standard InChI is InChI=1S/C8H12N2O2/c1-2-3-12-8(11)7-4-6(9)5-10-7/h4-5,10H,2-3,9H2,1H3. The molecule has 4 heteroatoms. The number of carbonyl (C=O) groups is 1. The van der Waals surface area contributed by atoms with Gasteiger partial charge in [0.05, 0.1) is 12.3 Å². The molecule has 12 heavy (non-hydrogen) atoms. The second-order valence-electron chi connectivity index (χ2n) is 2.48. The predicted molar refractivity (Wildman–Crippen MR) is 45.8 cm³/mol. The largest absolute Gasteiger partial charge is 0.461 e. The van der Waals surface area contributed by atoms with E-state index in [1.165, 1.54) is 0 Å². The van der Waals surface area contributed by atoms with E-state index < -0.39 is 0 Å². The average molecular weight is 168 g/mol. The van der Waals surface area contributed by atoms with Crippen LogP contribution in [0, 0.1) is 0 Å². The van der Waals surface area contributed by atoms with Crippen molar-refractivity contribution < 1.29 is 9.53 Å². The van der Waals surface area contributed by atoms with Gasteiger partial charge in [-0.15, -0.1) is 0 Å². The first-order valence-electron chi connectivity index (χ1n) is 3.85. The van der Waals surface area contributed by atoms with E-state index in [-0.39, 0.29) is 5.97 Å². The number of carbonyl (C=O) groups excluding carboxylic acids is 1. The molecule has 0 aliphatic carbocycles. The highest BCUT2D eigenvalue weighted by atomic mass is 16.5. The molecule has 0 bridgehead atoms. The maximum Gasteiger partial charge on any atom is 0.354 e. The molecule has 0 spiro atoms. The summed E-state index contributed by atoms with van der Waals surface area (Å²) < 4.78 is 4.86. The summed E-state index contributed by atoms with van der Waals surface area (Å²) >= 11 is 0. The van der Waals surface area contributed by atoms with Gasteiger partial charge in [0.1, 0.15) is 5.69 Å². The van der Waals surface area contributed by atoms with Crippen molar-refractivity contribution >= 4 is 11.7 Å². The van der Waals surface area contributed by atoms with Gasteiger partial charge in [-0.2, -0.15) is 0 Å². The quantitative estimate of drug-likeness (QED) is 0.665. The van der Waals surface area contributed by atoms with E-state index >= 15 is 0 Å². The zero-order valence-corrected chi connectivity index (χ0v) is 6.96. The Labute approximate surface area is 70.7 Å². The fourth-order valence-corrected chi connectivity index (χ4v) is 0.801.